The van der Waals surface area contributed by atoms with Crippen molar-refractivity contribution in [3.8, 4) is 11.5 Å². The molecule has 0 unspecified atom stereocenters. The smallest absolute Gasteiger partial charge is 0.308 e. The van der Waals surface area contributed by atoms with Gasteiger partial charge in [-0.25, -0.2) is 4.99 Å². The number of amides is 1. The third-order valence-corrected chi connectivity index (χ3v) is 3.71. The van der Waals surface area contributed by atoms with Crippen molar-refractivity contribution < 1.29 is 28.6 Å². The molecule has 0 radical (unpaired) electrons. The monoisotopic (exact) mass is 382 g/mol. The van der Waals surface area contributed by atoms with Crippen LogP contribution in [0.2, 0.25) is 0 Å². The predicted molar refractivity (Wildman–Crippen MR) is 101 cm³/mol. The number of carbonyl (C=O) groups excluding carboxylic acids is 3. The van der Waals surface area contributed by atoms with Gasteiger partial charge in [0, 0.05) is 13.8 Å². The van der Waals surface area contributed by atoms with E-state index in [-0.39, 0.29) is 17.1 Å². The molecular formula is C20H18N2O6. The number of hydrogen-bond acceptors (Lipinski definition) is 7. The highest BCUT2D eigenvalue weighted by molar-refractivity contribution is 6.12. The van der Waals surface area contributed by atoms with Gasteiger partial charge in [-0.15, -0.1) is 0 Å². The second-order valence-corrected chi connectivity index (χ2v) is 5.85. The van der Waals surface area contributed by atoms with Gasteiger partial charge in [0.2, 0.25) is 5.90 Å². The maximum Gasteiger partial charge on any atom is 0.308 e. The van der Waals surface area contributed by atoms with E-state index in [9.17, 15) is 14.4 Å². The van der Waals surface area contributed by atoms with Gasteiger partial charge in [0.1, 0.15) is 23.7 Å². The molecule has 0 bridgehead atoms. The van der Waals surface area contributed by atoms with Crippen LogP contribution in [0, 0.1) is 0 Å². The van der Waals surface area contributed by atoms with Crippen LogP contribution >= 0.6 is 0 Å². The summed E-state index contributed by atoms with van der Waals surface area (Å²) in [7, 11) is 0. The average molecular weight is 382 g/mol. The molecule has 0 saturated carbocycles. The summed E-state index contributed by atoms with van der Waals surface area (Å²) in [6.45, 7) is 3.45. The Morgan fingerprint density at radius 1 is 0.964 bits per heavy atom. The number of para-hydroxylation sites is 1. The standard InChI is InChI=1S/C20H18N2O6/c1-12(23)27-16-8-5-9-17(28-13(2)24)18(16)19(25)22-15-7-4-3-6-14(15)20-21-10-11-26-20/h3-9H,10-11H2,1-2H3,(H,22,25). The third-order valence-electron chi connectivity index (χ3n) is 3.71. The number of ether oxygens (including phenoxy) is 3. The molecule has 0 saturated heterocycles. The SMILES string of the molecule is CC(=O)Oc1cccc(OC(C)=O)c1C(=O)Nc1ccccc1C1=NCCO1. The molecule has 0 aliphatic carbocycles. The lowest BCUT2D eigenvalue weighted by Crippen LogP contribution is -2.19. The van der Waals surface area contributed by atoms with Crippen LogP contribution < -0.4 is 14.8 Å². The predicted octanol–water partition coefficient (Wildman–Crippen LogP) is 2.57. The Morgan fingerprint density at radius 3 is 2.18 bits per heavy atom. The summed E-state index contributed by atoms with van der Waals surface area (Å²) < 4.78 is 15.7. The molecule has 28 heavy (non-hydrogen) atoms. The molecule has 8 nitrogen and oxygen atoms in total. The minimum atomic E-state index is -0.612. The zero-order valence-corrected chi connectivity index (χ0v) is 15.4. The van der Waals surface area contributed by atoms with Crippen LogP contribution in [-0.2, 0) is 14.3 Å². The lowest BCUT2D eigenvalue weighted by atomic mass is 10.1. The van der Waals surface area contributed by atoms with Crippen molar-refractivity contribution in [2.45, 2.75) is 13.8 Å². The fourth-order valence-corrected chi connectivity index (χ4v) is 2.68. The number of nitrogens with zero attached hydrogens (tertiary/aromatic N) is 1. The summed E-state index contributed by atoms with van der Waals surface area (Å²) in [6, 6.07) is 11.4. The molecule has 0 aromatic heterocycles. The van der Waals surface area contributed by atoms with Crippen molar-refractivity contribution >= 4 is 29.4 Å². The Balaban J connectivity index is 1.98. The van der Waals surface area contributed by atoms with Crippen molar-refractivity contribution in [1.29, 1.82) is 0 Å². The number of esters is 2. The van der Waals surface area contributed by atoms with Crippen molar-refractivity contribution in [1.82, 2.24) is 0 Å². The summed E-state index contributed by atoms with van der Waals surface area (Å²) in [5.41, 5.74) is 1.00. The Labute approximate surface area is 161 Å². The molecule has 0 spiro atoms. The number of rotatable bonds is 5. The highest BCUT2D eigenvalue weighted by atomic mass is 16.5. The van der Waals surface area contributed by atoms with Crippen LogP contribution in [0.3, 0.4) is 0 Å². The van der Waals surface area contributed by atoms with E-state index >= 15 is 0 Å². The lowest BCUT2D eigenvalue weighted by molar-refractivity contribution is -0.132. The van der Waals surface area contributed by atoms with E-state index < -0.39 is 17.8 Å². The van der Waals surface area contributed by atoms with Gasteiger partial charge in [0.15, 0.2) is 0 Å². The Kier molecular flexibility index (Phi) is 5.69. The first kappa shape index (κ1) is 19.1. The van der Waals surface area contributed by atoms with Crippen molar-refractivity contribution in [3.63, 3.8) is 0 Å². The molecule has 8 heteroatoms. The first-order valence-corrected chi connectivity index (χ1v) is 8.53. The highest BCUT2D eigenvalue weighted by Crippen LogP contribution is 2.30. The quantitative estimate of drug-likeness (QED) is 0.630. The Hall–Kier alpha value is -3.68. The molecule has 0 fully saturated rings. The van der Waals surface area contributed by atoms with Crippen LogP contribution in [0.25, 0.3) is 0 Å². The van der Waals surface area contributed by atoms with Gasteiger partial charge in [-0.05, 0) is 24.3 Å². The number of nitrogens with one attached hydrogen (secondary N) is 1. The van der Waals surface area contributed by atoms with Crippen LogP contribution in [-0.4, -0.2) is 36.9 Å². The van der Waals surface area contributed by atoms with E-state index in [0.717, 1.165) is 0 Å². The molecule has 3 rings (SSSR count). The fraction of sp³-hybridized carbons (Fsp3) is 0.200. The number of hydrogen-bond donors (Lipinski definition) is 1. The number of anilines is 1. The van der Waals surface area contributed by atoms with Gasteiger partial charge in [0.05, 0.1) is 17.8 Å². The van der Waals surface area contributed by atoms with Crippen LogP contribution in [0.1, 0.15) is 29.8 Å². The molecular weight excluding hydrogens is 364 g/mol. The lowest BCUT2D eigenvalue weighted by Gasteiger charge is -2.15. The first-order chi connectivity index (χ1) is 13.5. The van der Waals surface area contributed by atoms with Crippen molar-refractivity contribution in [2.24, 2.45) is 4.99 Å². The molecule has 2 aromatic carbocycles. The minimum Gasteiger partial charge on any atom is -0.475 e. The average Bonchev–Trinajstić information content (AvgIpc) is 3.15. The molecule has 1 heterocycles. The van der Waals surface area contributed by atoms with E-state index in [0.29, 0.717) is 30.3 Å². The topological polar surface area (TPSA) is 103 Å². The number of aliphatic imine (C=N–C) groups is 1. The zero-order valence-electron chi connectivity index (χ0n) is 15.4. The molecule has 2 aromatic rings. The van der Waals surface area contributed by atoms with E-state index in [4.69, 9.17) is 14.2 Å². The maximum absolute atomic E-state index is 13.0. The maximum atomic E-state index is 13.0. The summed E-state index contributed by atoms with van der Waals surface area (Å²) in [5.74, 6) is -1.43. The first-order valence-electron chi connectivity index (χ1n) is 8.53. The van der Waals surface area contributed by atoms with Gasteiger partial charge < -0.3 is 19.5 Å². The largest absolute Gasteiger partial charge is 0.475 e. The van der Waals surface area contributed by atoms with Gasteiger partial charge in [-0.1, -0.05) is 18.2 Å². The second kappa shape index (κ2) is 8.34. The van der Waals surface area contributed by atoms with E-state index in [2.05, 4.69) is 10.3 Å². The van der Waals surface area contributed by atoms with Gasteiger partial charge in [0.25, 0.3) is 5.91 Å². The van der Waals surface area contributed by atoms with Gasteiger partial charge >= 0.3 is 11.9 Å². The molecule has 0 atom stereocenters. The molecule has 1 amide bonds. The zero-order chi connectivity index (χ0) is 20.1. The summed E-state index contributed by atoms with van der Waals surface area (Å²) in [5, 5.41) is 2.75. The minimum absolute atomic E-state index is 0.0179. The fourth-order valence-electron chi connectivity index (χ4n) is 2.68. The highest BCUT2D eigenvalue weighted by Gasteiger charge is 2.23. The van der Waals surface area contributed by atoms with Crippen LogP contribution in [0.4, 0.5) is 5.69 Å². The Bertz CT molecular complexity index is 933. The molecule has 1 aliphatic rings. The second-order valence-electron chi connectivity index (χ2n) is 5.85. The summed E-state index contributed by atoms with van der Waals surface area (Å²) in [6.07, 6.45) is 0. The van der Waals surface area contributed by atoms with Gasteiger partial charge in [-0.3, -0.25) is 14.4 Å². The van der Waals surface area contributed by atoms with E-state index in [1.165, 1.54) is 32.0 Å². The van der Waals surface area contributed by atoms with Crippen LogP contribution in [0.5, 0.6) is 11.5 Å². The van der Waals surface area contributed by atoms with Crippen molar-refractivity contribution in [2.75, 3.05) is 18.5 Å². The number of carbonyl (C=O) groups is 3. The van der Waals surface area contributed by atoms with E-state index in [1.54, 1.807) is 24.3 Å². The van der Waals surface area contributed by atoms with Gasteiger partial charge in [-0.2, -0.15) is 0 Å². The molecule has 1 N–H and O–H groups in total. The molecule has 1 aliphatic heterocycles. The third kappa shape index (κ3) is 4.35. The van der Waals surface area contributed by atoms with E-state index in [1.807, 2.05) is 0 Å². The Morgan fingerprint density at radius 2 is 1.61 bits per heavy atom. The molecule has 144 valence electrons. The summed E-state index contributed by atoms with van der Waals surface area (Å²) >= 11 is 0. The van der Waals surface area contributed by atoms with Crippen LogP contribution in [0.15, 0.2) is 47.5 Å². The number of benzene rings is 2. The van der Waals surface area contributed by atoms with Crippen molar-refractivity contribution in [3.05, 3.63) is 53.6 Å². The summed E-state index contributed by atoms with van der Waals surface area (Å²) in [4.78, 5) is 40.1. The normalized spacial score (nSPS) is 12.6.